The molecule has 3 heterocycles. The number of benzene rings is 1. The monoisotopic (exact) mass is 523 g/mol. The predicted octanol–water partition coefficient (Wildman–Crippen LogP) is 4.18. The van der Waals surface area contributed by atoms with Gasteiger partial charge in [0.05, 0.1) is 17.9 Å². The number of nitrogens with one attached hydrogen (secondary N) is 1. The fourth-order valence-corrected chi connectivity index (χ4v) is 5.50. The van der Waals surface area contributed by atoms with E-state index in [1.165, 1.54) is 18.2 Å². The van der Waals surface area contributed by atoms with Gasteiger partial charge in [-0.15, -0.1) is 0 Å². The molecule has 1 saturated heterocycles. The Morgan fingerprint density at radius 2 is 1.95 bits per heavy atom. The Kier molecular flexibility index (Phi) is 7.14. The lowest BCUT2D eigenvalue weighted by Crippen LogP contribution is -2.43. The molecule has 2 aromatic heterocycles. The average Bonchev–Trinajstić information content (AvgIpc) is 3.10. The lowest BCUT2D eigenvalue weighted by atomic mass is 9.90. The van der Waals surface area contributed by atoms with Crippen LogP contribution < -0.4 is 20.1 Å². The molecule has 0 aliphatic carbocycles. The second-order valence-electron chi connectivity index (χ2n) is 9.87. The van der Waals surface area contributed by atoms with Crippen molar-refractivity contribution in [3.63, 3.8) is 0 Å². The summed E-state index contributed by atoms with van der Waals surface area (Å²) in [5.41, 5.74) is 8.04. The molecule has 3 aromatic rings. The first-order valence-electron chi connectivity index (χ1n) is 12.3. The molecule has 1 amide bonds. The highest BCUT2D eigenvalue weighted by Gasteiger charge is 2.41. The van der Waals surface area contributed by atoms with Gasteiger partial charge in [0, 0.05) is 17.6 Å². The smallest absolute Gasteiger partial charge is 0.281 e. The van der Waals surface area contributed by atoms with Crippen LogP contribution in [0.25, 0.3) is 11.3 Å². The summed E-state index contributed by atoms with van der Waals surface area (Å²) in [7, 11) is -4.24. The van der Waals surface area contributed by atoms with Crippen molar-refractivity contribution in [2.45, 2.75) is 51.6 Å². The Morgan fingerprint density at radius 1 is 1.19 bits per heavy atom. The minimum absolute atomic E-state index is 0.0411. The third kappa shape index (κ3) is 5.39. The van der Waals surface area contributed by atoms with Gasteiger partial charge in [0.1, 0.15) is 17.4 Å². The summed E-state index contributed by atoms with van der Waals surface area (Å²) in [6, 6.07) is 13.4. The Morgan fingerprint density at radius 3 is 2.59 bits per heavy atom. The number of nitrogens with two attached hydrogens (primary N) is 1. The zero-order chi connectivity index (χ0) is 27.0. The van der Waals surface area contributed by atoms with Crippen LogP contribution in [0.15, 0.2) is 53.6 Å². The SMILES string of the molecule is CCOc1cc(C)cc(-c2ccc(C(=O)NS(=O)(=O)c3cccc(N)n3)c(N3CCC(C)C3(C)C)n2)c1. The number of carbonyl (C=O) groups excluding carboxylic acids is 1. The summed E-state index contributed by atoms with van der Waals surface area (Å²) in [4.78, 5) is 24.2. The van der Waals surface area contributed by atoms with E-state index < -0.39 is 15.9 Å². The first kappa shape index (κ1) is 26.4. The Labute approximate surface area is 218 Å². The molecule has 1 atom stereocenters. The number of sulfonamides is 1. The number of pyridine rings is 2. The number of anilines is 2. The van der Waals surface area contributed by atoms with E-state index in [-0.39, 0.29) is 21.9 Å². The molecule has 1 aliphatic heterocycles. The summed E-state index contributed by atoms with van der Waals surface area (Å²) in [5, 5.41) is -0.328. The van der Waals surface area contributed by atoms with Crippen molar-refractivity contribution < 1.29 is 17.9 Å². The van der Waals surface area contributed by atoms with Crippen molar-refractivity contribution in [3.8, 4) is 17.0 Å². The minimum Gasteiger partial charge on any atom is -0.494 e. The van der Waals surface area contributed by atoms with Crippen molar-refractivity contribution in [2.75, 3.05) is 23.8 Å². The number of carbonyl (C=O) groups is 1. The van der Waals surface area contributed by atoms with E-state index in [0.29, 0.717) is 30.6 Å². The lowest BCUT2D eigenvalue weighted by Gasteiger charge is -2.36. The number of amides is 1. The largest absolute Gasteiger partial charge is 0.494 e. The average molecular weight is 524 g/mol. The number of aryl methyl sites for hydroxylation is 1. The Balaban J connectivity index is 1.79. The van der Waals surface area contributed by atoms with Crippen molar-refractivity contribution in [3.05, 3.63) is 59.7 Å². The van der Waals surface area contributed by atoms with Crippen LogP contribution in [-0.2, 0) is 10.0 Å². The van der Waals surface area contributed by atoms with E-state index in [9.17, 15) is 13.2 Å². The minimum atomic E-state index is -4.24. The maximum Gasteiger partial charge on any atom is 0.281 e. The molecule has 0 bridgehead atoms. The van der Waals surface area contributed by atoms with Crippen molar-refractivity contribution in [1.29, 1.82) is 0 Å². The molecule has 1 aliphatic rings. The van der Waals surface area contributed by atoms with E-state index in [0.717, 1.165) is 23.3 Å². The molecule has 1 unspecified atom stereocenters. The van der Waals surface area contributed by atoms with Crippen molar-refractivity contribution in [2.24, 2.45) is 5.92 Å². The van der Waals surface area contributed by atoms with Crippen LogP contribution in [0.1, 0.15) is 50.0 Å². The molecule has 196 valence electrons. The molecule has 10 heteroatoms. The first-order chi connectivity index (χ1) is 17.4. The summed E-state index contributed by atoms with van der Waals surface area (Å²) in [5.74, 6) is 0.767. The normalized spacial score (nSPS) is 17.0. The molecular formula is C27H33N5O4S. The molecule has 1 fully saturated rings. The summed E-state index contributed by atoms with van der Waals surface area (Å²) in [6.07, 6.45) is 0.921. The van der Waals surface area contributed by atoms with Gasteiger partial charge in [-0.25, -0.2) is 14.7 Å². The third-order valence-corrected chi connectivity index (χ3v) is 8.20. The maximum absolute atomic E-state index is 13.4. The van der Waals surface area contributed by atoms with Gasteiger partial charge >= 0.3 is 0 Å². The van der Waals surface area contributed by atoms with Crippen LogP contribution in [0, 0.1) is 12.8 Å². The van der Waals surface area contributed by atoms with E-state index >= 15 is 0 Å². The molecule has 37 heavy (non-hydrogen) atoms. The summed E-state index contributed by atoms with van der Waals surface area (Å²) >= 11 is 0. The van der Waals surface area contributed by atoms with Gasteiger partial charge in [-0.2, -0.15) is 8.42 Å². The lowest BCUT2D eigenvalue weighted by molar-refractivity contribution is 0.0981. The van der Waals surface area contributed by atoms with Crippen LogP contribution >= 0.6 is 0 Å². The van der Waals surface area contributed by atoms with Gasteiger partial charge in [-0.3, -0.25) is 4.79 Å². The quantitative estimate of drug-likeness (QED) is 0.472. The van der Waals surface area contributed by atoms with Crippen LogP contribution in [-0.4, -0.2) is 43.0 Å². The van der Waals surface area contributed by atoms with Crippen LogP contribution in [0.2, 0.25) is 0 Å². The third-order valence-electron chi connectivity index (χ3n) is 6.97. The Bertz CT molecular complexity index is 1440. The zero-order valence-electron chi connectivity index (χ0n) is 21.8. The molecule has 0 saturated carbocycles. The number of aromatic nitrogens is 2. The van der Waals surface area contributed by atoms with Gasteiger partial charge in [-0.1, -0.05) is 13.0 Å². The van der Waals surface area contributed by atoms with E-state index in [1.54, 1.807) is 12.1 Å². The van der Waals surface area contributed by atoms with Gasteiger partial charge in [0.15, 0.2) is 5.03 Å². The van der Waals surface area contributed by atoms with Gasteiger partial charge in [-0.05, 0) is 88.1 Å². The van der Waals surface area contributed by atoms with Crippen molar-refractivity contribution >= 4 is 27.6 Å². The fourth-order valence-electron chi connectivity index (χ4n) is 4.56. The highest BCUT2D eigenvalue weighted by molar-refractivity contribution is 7.90. The summed E-state index contributed by atoms with van der Waals surface area (Å²) in [6.45, 7) is 11.5. The van der Waals surface area contributed by atoms with Gasteiger partial charge < -0.3 is 15.4 Å². The number of rotatable bonds is 7. The number of nitrogens with zero attached hydrogens (tertiary/aromatic N) is 3. The van der Waals surface area contributed by atoms with Crippen LogP contribution in [0.5, 0.6) is 5.75 Å². The first-order valence-corrected chi connectivity index (χ1v) is 13.7. The summed E-state index contributed by atoms with van der Waals surface area (Å²) < 4.78 is 33.7. The number of hydrogen-bond acceptors (Lipinski definition) is 8. The molecule has 0 spiro atoms. The molecule has 1 aromatic carbocycles. The number of nitrogen functional groups attached to an aromatic ring is 1. The van der Waals surface area contributed by atoms with E-state index in [4.69, 9.17) is 15.5 Å². The second-order valence-corrected chi connectivity index (χ2v) is 11.5. The molecular weight excluding hydrogens is 490 g/mol. The van der Waals surface area contributed by atoms with E-state index in [2.05, 4.69) is 35.4 Å². The number of hydrogen-bond donors (Lipinski definition) is 2. The fraction of sp³-hybridized carbons (Fsp3) is 0.370. The highest BCUT2D eigenvalue weighted by atomic mass is 32.2. The highest BCUT2D eigenvalue weighted by Crippen LogP contribution is 2.39. The van der Waals surface area contributed by atoms with Crippen molar-refractivity contribution in [1.82, 2.24) is 14.7 Å². The standard InChI is InChI=1S/C27H33N5O4S/c1-6-36-20-15-17(2)14-19(16-20)22-11-10-21(25(29-22)32-13-12-18(3)27(32,4)5)26(33)31-37(34,35)24-9-7-8-23(28)30-24/h7-11,14-16,18H,6,12-13H2,1-5H3,(H2,28,30)(H,31,33). The zero-order valence-corrected chi connectivity index (χ0v) is 22.6. The predicted molar refractivity (Wildman–Crippen MR) is 144 cm³/mol. The second kappa shape index (κ2) is 10.0. The van der Waals surface area contributed by atoms with Gasteiger partial charge in [0.2, 0.25) is 0 Å². The molecule has 9 nitrogen and oxygen atoms in total. The maximum atomic E-state index is 13.4. The molecule has 3 N–H and O–H groups in total. The van der Waals surface area contributed by atoms with E-state index in [1.807, 2.05) is 32.0 Å². The Hall–Kier alpha value is -3.66. The van der Waals surface area contributed by atoms with Gasteiger partial charge in [0.25, 0.3) is 15.9 Å². The molecule has 4 rings (SSSR count). The number of ether oxygens (including phenoxy) is 1. The van der Waals surface area contributed by atoms with Crippen LogP contribution in [0.3, 0.4) is 0 Å². The van der Waals surface area contributed by atoms with Crippen LogP contribution in [0.4, 0.5) is 11.6 Å². The topological polar surface area (TPSA) is 128 Å². The molecule has 0 radical (unpaired) electrons.